The van der Waals surface area contributed by atoms with Crippen LogP contribution in [0.3, 0.4) is 0 Å². The molecular formula is C24H21NO3. The van der Waals surface area contributed by atoms with Gasteiger partial charge in [0, 0.05) is 0 Å². The number of hydrogen-bond acceptors (Lipinski definition) is 3. The maximum atomic E-state index is 13.2. The Morgan fingerprint density at radius 1 is 0.857 bits per heavy atom. The molecule has 140 valence electrons. The molecule has 2 bridgehead atoms. The van der Waals surface area contributed by atoms with Crippen molar-refractivity contribution in [2.75, 3.05) is 4.90 Å². The number of allylic oxidation sites excluding steroid dienone is 2. The molecule has 28 heavy (non-hydrogen) atoms. The quantitative estimate of drug-likeness (QED) is 0.595. The highest BCUT2D eigenvalue weighted by molar-refractivity contribution is 6.22. The first-order chi connectivity index (χ1) is 13.6. The lowest BCUT2D eigenvalue weighted by molar-refractivity contribution is -0.124. The molecule has 0 unspecified atom stereocenters. The van der Waals surface area contributed by atoms with Gasteiger partial charge in [0.25, 0.3) is 0 Å². The Bertz CT molecular complexity index is 988. The third-order valence-electron chi connectivity index (χ3n) is 6.98. The lowest BCUT2D eigenvalue weighted by Crippen LogP contribution is -2.40. The van der Waals surface area contributed by atoms with Gasteiger partial charge in [-0.1, -0.05) is 24.3 Å². The molecule has 2 aromatic carbocycles. The first-order valence-corrected chi connectivity index (χ1v) is 10.0. The fourth-order valence-corrected chi connectivity index (χ4v) is 5.69. The molecule has 0 aromatic heterocycles. The summed E-state index contributed by atoms with van der Waals surface area (Å²) in [5, 5.41) is 0. The predicted octanol–water partition coefficient (Wildman–Crippen LogP) is 4.34. The number of amides is 2. The van der Waals surface area contributed by atoms with Crippen LogP contribution in [0.2, 0.25) is 0 Å². The summed E-state index contributed by atoms with van der Waals surface area (Å²) >= 11 is 0. The van der Waals surface area contributed by atoms with Gasteiger partial charge in [-0.25, -0.2) is 0 Å². The van der Waals surface area contributed by atoms with E-state index < -0.39 is 0 Å². The third-order valence-corrected chi connectivity index (χ3v) is 6.98. The van der Waals surface area contributed by atoms with Gasteiger partial charge >= 0.3 is 0 Å². The molecule has 2 aromatic rings. The lowest BCUT2D eigenvalue weighted by atomic mass is 9.63. The SMILES string of the molecule is Cc1cccc(Oc2ccc(N3C(=O)[C@H]4[C@@H]5C=C[C@H]([C@H]6C[C@H]56)[C@@H]4C3=O)cc2)c1. The van der Waals surface area contributed by atoms with Crippen LogP contribution in [0, 0.1) is 42.4 Å². The van der Waals surface area contributed by atoms with Crippen LogP contribution in [0.1, 0.15) is 12.0 Å². The summed E-state index contributed by atoms with van der Waals surface area (Å²) in [6.45, 7) is 2.02. The minimum atomic E-state index is -0.158. The molecule has 3 fully saturated rings. The molecule has 1 saturated heterocycles. The van der Waals surface area contributed by atoms with E-state index in [1.807, 2.05) is 55.5 Å². The first kappa shape index (κ1) is 16.1. The van der Waals surface area contributed by atoms with Gasteiger partial charge in [0.2, 0.25) is 11.8 Å². The van der Waals surface area contributed by atoms with E-state index in [-0.39, 0.29) is 35.5 Å². The summed E-state index contributed by atoms with van der Waals surface area (Å²) in [7, 11) is 0. The Balaban J connectivity index is 1.27. The van der Waals surface area contributed by atoms with Crippen LogP contribution < -0.4 is 9.64 Å². The Labute approximate surface area is 163 Å². The van der Waals surface area contributed by atoms with Crippen molar-refractivity contribution in [2.24, 2.45) is 35.5 Å². The van der Waals surface area contributed by atoms with E-state index >= 15 is 0 Å². The van der Waals surface area contributed by atoms with E-state index in [9.17, 15) is 9.59 Å². The molecule has 2 saturated carbocycles. The highest BCUT2D eigenvalue weighted by Gasteiger charge is 2.67. The molecule has 6 atom stereocenters. The molecule has 7 rings (SSSR count). The summed E-state index contributed by atoms with van der Waals surface area (Å²) in [4.78, 5) is 27.7. The second-order valence-electron chi connectivity index (χ2n) is 8.58. The van der Waals surface area contributed by atoms with Crippen molar-refractivity contribution in [1.82, 2.24) is 0 Å². The minimum absolute atomic E-state index is 0.0212. The zero-order chi connectivity index (χ0) is 19.0. The second-order valence-corrected chi connectivity index (χ2v) is 8.58. The Kier molecular flexibility index (Phi) is 3.20. The van der Waals surface area contributed by atoms with Crippen molar-refractivity contribution in [3.05, 3.63) is 66.2 Å². The first-order valence-electron chi connectivity index (χ1n) is 10.0. The Morgan fingerprint density at radius 3 is 2.11 bits per heavy atom. The fraction of sp³-hybridized carbons (Fsp3) is 0.333. The minimum Gasteiger partial charge on any atom is -0.457 e. The summed E-state index contributed by atoms with van der Waals surface area (Å²) < 4.78 is 5.89. The summed E-state index contributed by atoms with van der Waals surface area (Å²) in [6.07, 6.45) is 5.59. The number of hydrogen-bond donors (Lipinski definition) is 0. The number of nitrogens with zero attached hydrogens (tertiary/aromatic N) is 1. The van der Waals surface area contributed by atoms with Gasteiger partial charge in [-0.3, -0.25) is 14.5 Å². The number of carbonyl (C=O) groups excluding carboxylic acids is 2. The zero-order valence-corrected chi connectivity index (χ0v) is 15.6. The van der Waals surface area contributed by atoms with Crippen LogP contribution >= 0.6 is 0 Å². The van der Waals surface area contributed by atoms with E-state index in [1.54, 1.807) is 0 Å². The summed E-state index contributed by atoms with van der Waals surface area (Å²) in [6, 6.07) is 15.1. The molecule has 0 spiro atoms. The van der Waals surface area contributed by atoms with Crippen molar-refractivity contribution < 1.29 is 14.3 Å². The van der Waals surface area contributed by atoms with Gasteiger partial charge < -0.3 is 4.74 Å². The topological polar surface area (TPSA) is 46.6 Å². The predicted molar refractivity (Wildman–Crippen MR) is 105 cm³/mol. The molecule has 4 heteroatoms. The number of aryl methyl sites for hydroxylation is 1. The molecular weight excluding hydrogens is 350 g/mol. The smallest absolute Gasteiger partial charge is 0.238 e. The molecule has 0 radical (unpaired) electrons. The molecule has 1 aliphatic heterocycles. The number of ether oxygens (including phenoxy) is 1. The van der Waals surface area contributed by atoms with Crippen molar-refractivity contribution in [2.45, 2.75) is 13.3 Å². The van der Waals surface area contributed by atoms with Gasteiger partial charge in [0.05, 0.1) is 17.5 Å². The Hall–Kier alpha value is -2.88. The maximum absolute atomic E-state index is 13.2. The van der Waals surface area contributed by atoms with Crippen LogP contribution in [-0.4, -0.2) is 11.8 Å². The summed E-state index contributed by atoms with van der Waals surface area (Å²) in [5.74, 6) is 2.86. The third kappa shape index (κ3) is 2.17. The van der Waals surface area contributed by atoms with Gasteiger partial charge in [0.1, 0.15) is 11.5 Å². The van der Waals surface area contributed by atoms with Crippen LogP contribution in [-0.2, 0) is 9.59 Å². The van der Waals surface area contributed by atoms with E-state index in [0.717, 1.165) is 11.3 Å². The molecule has 0 N–H and O–H groups in total. The van der Waals surface area contributed by atoms with Crippen molar-refractivity contribution in [1.29, 1.82) is 0 Å². The largest absolute Gasteiger partial charge is 0.457 e. The molecule has 5 aliphatic rings. The van der Waals surface area contributed by atoms with Crippen LogP contribution in [0.25, 0.3) is 0 Å². The molecule has 1 heterocycles. The van der Waals surface area contributed by atoms with Crippen molar-refractivity contribution >= 4 is 17.5 Å². The van der Waals surface area contributed by atoms with Crippen molar-refractivity contribution in [3.63, 3.8) is 0 Å². The number of carbonyl (C=O) groups is 2. The van der Waals surface area contributed by atoms with Gasteiger partial charge in [-0.2, -0.15) is 0 Å². The average molecular weight is 371 g/mol. The monoisotopic (exact) mass is 371 g/mol. The molecule has 4 nitrogen and oxygen atoms in total. The maximum Gasteiger partial charge on any atom is 0.238 e. The van der Waals surface area contributed by atoms with Crippen LogP contribution in [0.15, 0.2) is 60.7 Å². The van der Waals surface area contributed by atoms with Crippen LogP contribution in [0.5, 0.6) is 11.5 Å². The van der Waals surface area contributed by atoms with Gasteiger partial charge in [0.15, 0.2) is 0 Å². The normalized spacial score (nSPS) is 34.4. The molecule has 2 amide bonds. The number of benzene rings is 2. The number of rotatable bonds is 3. The van der Waals surface area contributed by atoms with E-state index in [0.29, 0.717) is 23.3 Å². The fourth-order valence-electron chi connectivity index (χ4n) is 5.69. The zero-order valence-electron chi connectivity index (χ0n) is 15.6. The van der Waals surface area contributed by atoms with E-state index in [4.69, 9.17) is 4.74 Å². The molecule has 4 aliphatic carbocycles. The average Bonchev–Trinajstić information content (AvgIpc) is 3.47. The highest BCUT2D eigenvalue weighted by Crippen LogP contribution is 2.65. The number of imide groups is 1. The number of anilines is 1. The highest BCUT2D eigenvalue weighted by atomic mass is 16.5. The van der Waals surface area contributed by atoms with Gasteiger partial charge in [-0.05, 0) is 79.0 Å². The van der Waals surface area contributed by atoms with E-state index in [1.165, 1.54) is 11.3 Å². The second kappa shape index (κ2) is 5.57. The summed E-state index contributed by atoms with van der Waals surface area (Å²) in [5.41, 5.74) is 1.78. The van der Waals surface area contributed by atoms with E-state index in [2.05, 4.69) is 12.2 Å². The Morgan fingerprint density at radius 2 is 1.50 bits per heavy atom. The van der Waals surface area contributed by atoms with Gasteiger partial charge in [-0.15, -0.1) is 0 Å². The van der Waals surface area contributed by atoms with Crippen LogP contribution in [0.4, 0.5) is 5.69 Å². The standard InChI is InChI=1S/C24H21NO3/c1-13-3-2-4-16(11-13)28-15-7-5-14(6-8-15)25-23(26)21-17-9-10-18(20-12-19(17)20)22(21)24(25)27/h2-11,17-22H,12H2,1H3/t17-,18-,19-,20-,21+,22+/m1/s1. The lowest BCUT2D eigenvalue weighted by Gasteiger charge is -2.37. The van der Waals surface area contributed by atoms with Crippen molar-refractivity contribution in [3.8, 4) is 11.5 Å².